The average Bonchev–Trinajstić information content (AvgIpc) is 2.48. The molecule has 0 heterocycles. The van der Waals surface area contributed by atoms with E-state index in [1.807, 2.05) is 0 Å². The number of para-hydroxylation sites is 2. The van der Waals surface area contributed by atoms with Crippen molar-refractivity contribution in [2.24, 2.45) is 5.92 Å². The van der Waals surface area contributed by atoms with Gasteiger partial charge in [0.25, 0.3) is 0 Å². The first-order chi connectivity index (χ1) is 10.1. The summed E-state index contributed by atoms with van der Waals surface area (Å²) in [6.07, 6.45) is 7.84. The van der Waals surface area contributed by atoms with Crippen LogP contribution in [-0.2, 0) is 4.79 Å². The third kappa shape index (κ3) is 5.34. The van der Waals surface area contributed by atoms with Crippen molar-refractivity contribution >= 4 is 28.9 Å². The van der Waals surface area contributed by atoms with Crippen LogP contribution in [0.2, 0.25) is 0 Å². The molecule has 1 aromatic rings. The number of phenolic OH excluding ortho intramolecular Hbond substituents is 1. The molecule has 21 heavy (non-hydrogen) atoms. The van der Waals surface area contributed by atoms with Crippen molar-refractivity contribution in [2.75, 3.05) is 5.32 Å². The van der Waals surface area contributed by atoms with E-state index in [9.17, 15) is 9.90 Å². The molecule has 1 saturated carbocycles. The van der Waals surface area contributed by atoms with E-state index in [0.717, 1.165) is 6.42 Å². The quantitative estimate of drug-likeness (QED) is 0.588. The fourth-order valence-corrected chi connectivity index (χ4v) is 2.96. The van der Waals surface area contributed by atoms with Crippen molar-refractivity contribution in [3.63, 3.8) is 0 Å². The van der Waals surface area contributed by atoms with Gasteiger partial charge < -0.3 is 15.7 Å². The molecule has 0 saturated heterocycles. The second-order valence-electron chi connectivity index (χ2n) is 5.56. The van der Waals surface area contributed by atoms with E-state index in [0.29, 0.717) is 18.0 Å². The molecule has 0 aliphatic heterocycles. The Hall–Kier alpha value is -1.62. The SMILES string of the molecule is O=C(CCC1CCCCC1)NC(=S)Nc1ccccc1O. The fraction of sp³-hybridized carbons (Fsp3) is 0.500. The number of carbonyl (C=O) groups is 1. The van der Waals surface area contributed by atoms with Crippen LogP contribution in [0.1, 0.15) is 44.9 Å². The smallest absolute Gasteiger partial charge is 0.226 e. The summed E-state index contributed by atoms with van der Waals surface area (Å²) in [7, 11) is 0. The number of nitrogens with one attached hydrogen (secondary N) is 2. The fourth-order valence-electron chi connectivity index (χ4n) is 2.73. The van der Waals surface area contributed by atoms with Crippen molar-refractivity contribution < 1.29 is 9.90 Å². The van der Waals surface area contributed by atoms with Gasteiger partial charge in [-0.1, -0.05) is 44.2 Å². The molecule has 2 rings (SSSR count). The first-order valence-corrected chi connectivity index (χ1v) is 7.95. The Morgan fingerprint density at radius 3 is 2.67 bits per heavy atom. The lowest BCUT2D eigenvalue weighted by atomic mass is 9.86. The number of carbonyl (C=O) groups excluding carboxylic acids is 1. The minimum Gasteiger partial charge on any atom is -0.506 e. The molecule has 114 valence electrons. The van der Waals surface area contributed by atoms with Crippen molar-refractivity contribution in [3.05, 3.63) is 24.3 Å². The van der Waals surface area contributed by atoms with Crippen molar-refractivity contribution in [3.8, 4) is 5.75 Å². The lowest BCUT2D eigenvalue weighted by molar-refractivity contribution is -0.120. The molecule has 0 bridgehead atoms. The monoisotopic (exact) mass is 306 g/mol. The summed E-state index contributed by atoms with van der Waals surface area (Å²) in [5.74, 6) is 0.731. The number of rotatable bonds is 4. The van der Waals surface area contributed by atoms with E-state index in [4.69, 9.17) is 12.2 Å². The van der Waals surface area contributed by atoms with Gasteiger partial charge in [0.1, 0.15) is 5.75 Å². The highest BCUT2D eigenvalue weighted by molar-refractivity contribution is 7.80. The van der Waals surface area contributed by atoms with Crippen LogP contribution in [0.5, 0.6) is 5.75 Å². The highest BCUT2D eigenvalue weighted by Crippen LogP contribution is 2.27. The second-order valence-corrected chi connectivity index (χ2v) is 5.97. The minimum absolute atomic E-state index is 0.0616. The van der Waals surface area contributed by atoms with Crippen LogP contribution in [0.4, 0.5) is 5.69 Å². The van der Waals surface area contributed by atoms with Gasteiger partial charge in [0.15, 0.2) is 5.11 Å². The molecule has 0 unspecified atom stereocenters. The van der Waals surface area contributed by atoms with Crippen LogP contribution < -0.4 is 10.6 Å². The third-order valence-corrected chi connectivity index (χ3v) is 4.11. The Labute approximate surface area is 130 Å². The van der Waals surface area contributed by atoms with Gasteiger partial charge in [-0.2, -0.15) is 0 Å². The predicted molar refractivity (Wildman–Crippen MR) is 88.3 cm³/mol. The standard InChI is InChI=1S/C16H22N2O2S/c19-14-9-5-4-8-13(14)17-16(21)18-15(20)11-10-12-6-2-1-3-7-12/h4-5,8-9,12,19H,1-3,6-7,10-11H2,(H2,17,18,20,21). The van der Waals surface area contributed by atoms with Gasteiger partial charge >= 0.3 is 0 Å². The maximum Gasteiger partial charge on any atom is 0.226 e. The molecule has 0 aromatic heterocycles. The first-order valence-electron chi connectivity index (χ1n) is 7.54. The van der Waals surface area contributed by atoms with Crippen LogP contribution in [0.15, 0.2) is 24.3 Å². The largest absolute Gasteiger partial charge is 0.506 e. The van der Waals surface area contributed by atoms with E-state index in [1.54, 1.807) is 24.3 Å². The average molecular weight is 306 g/mol. The topological polar surface area (TPSA) is 61.4 Å². The molecule has 1 fully saturated rings. The van der Waals surface area contributed by atoms with E-state index in [-0.39, 0.29) is 16.8 Å². The van der Waals surface area contributed by atoms with Gasteiger partial charge in [0.2, 0.25) is 5.91 Å². The Morgan fingerprint density at radius 1 is 1.24 bits per heavy atom. The molecule has 0 spiro atoms. The Bertz CT molecular complexity index is 499. The number of anilines is 1. The molecule has 1 aliphatic carbocycles. The van der Waals surface area contributed by atoms with Crippen molar-refractivity contribution in [1.82, 2.24) is 5.32 Å². The van der Waals surface area contributed by atoms with E-state index < -0.39 is 0 Å². The zero-order valence-electron chi connectivity index (χ0n) is 12.1. The maximum atomic E-state index is 11.9. The summed E-state index contributed by atoms with van der Waals surface area (Å²) in [5, 5.41) is 15.4. The summed E-state index contributed by atoms with van der Waals surface area (Å²) < 4.78 is 0. The number of hydrogen-bond acceptors (Lipinski definition) is 3. The van der Waals surface area contributed by atoms with Crippen LogP contribution in [-0.4, -0.2) is 16.1 Å². The first kappa shape index (κ1) is 15.8. The highest BCUT2D eigenvalue weighted by Gasteiger charge is 2.15. The lowest BCUT2D eigenvalue weighted by Crippen LogP contribution is -2.34. The van der Waals surface area contributed by atoms with Crippen LogP contribution in [0, 0.1) is 5.92 Å². The molecule has 3 N–H and O–H groups in total. The Kier molecular flexibility index (Phi) is 5.99. The number of thiocarbonyl (C=S) groups is 1. The lowest BCUT2D eigenvalue weighted by Gasteiger charge is -2.21. The molecular weight excluding hydrogens is 284 g/mol. The summed E-state index contributed by atoms with van der Waals surface area (Å²) in [4.78, 5) is 11.9. The Balaban J connectivity index is 1.72. The molecule has 0 atom stereocenters. The number of amides is 1. The van der Waals surface area contributed by atoms with Gasteiger partial charge in [-0.3, -0.25) is 4.79 Å². The second kappa shape index (κ2) is 7.98. The molecule has 1 aliphatic rings. The van der Waals surface area contributed by atoms with E-state index in [2.05, 4.69) is 10.6 Å². The maximum absolute atomic E-state index is 11.9. The van der Waals surface area contributed by atoms with Gasteiger partial charge in [-0.05, 0) is 36.7 Å². The summed E-state index contributed by atoms with van der Waals surface area (Å²) in [6, 6.07) is 6.79. The van der Waals surface area contributed by atoms with Gasteiger partial charge in [-0.25, -0.2) is 0 Å². The van der Waals surface area contributed by atoms with Gasteiger partial charge in [-0.15, -0.1) is 0 Å². The highest BCUT2D eigenvalue weighted by atomic mass is 32.1. The van der Waals surface area contributed by atoms with Crippen molar-refractivity contribution in [2.45, 2.75) is 44.9 Å². The van der Waals surface area contributed by atoms with Gasteiger partial charge in [0, 0.05) is 6.42 Å². The molecule has 0 radical (unpaired) electrons. The molecule has 4 nitrogen and oxygen atoms in total. The molecule has 1 amide bonds. The normalized spacial score (nSPS) is 15.4. The van der Waals surface area contributed by atoms with Crippen LogP contribution >= 0.6 is 12.2 Å². The number of benzene rings is 1. The number of aromatic hydroxyl groups is 1. The van der Waals surface area contributed by atoms with E-state index >= 15 is 0 Å². The van der Waals surface area contributed by atoms with Crippen LogP contribution in [0.25, 0.3) is 0 Å². The van der Waals surface area contributed by atoms with E-state index in [1.165, 1.54) is 32.1 Å². The minimum atomic E-state index is -0.0616. The third-order valence-electron chi connectivity index (χ3n) is 3.91. The van der Waals surface area contributed by atoms with Gasteiger partial charge in [0.05, 0.1) is 5.69 Å². The zero-order valence-corrected chi connectivity index (χ0v) is 12.9. The van der Waals surface area contributed by atoms with Crippen molar-refractivity contribution in [1.29, 1.82) is 0 Å². The van der Waals surface area contributed by atoms with Crippen LogP contribution in [0.3, 0.4) is 0 Å². The summed E-state index contributed by atoms with van der Waals surface area (Å²) in [5.41, 5.74) is 0.495. The summed E-state index contributed by atoms with van der Waals surface area (Å²) in [6.45, 7) is 0. The predicted octanol–water partition coefficient (Wildman–Crippen LogP) is 3.57. The zero-order chi connectivity index (χ0) is 15.1. The number of phenols is 1. The molecular formula is C16H22N2O2S. The summed E-state index contributed by atoms with van der Waals surface area (Å²) >= 11 is 5.09. The Morgan fingerprint density at radius 2 is 1.95 bits per heavy atom. The molecule has 5 heteroatoms. The number of hydrogen-bond donors (Lipinski definition) is 3. The molecule has 1 aromatic carbocycles.